The summed E-state index contributed by atoms with van der Waals surface area (Å²) < 4.78 is 10.8. The van der Waals surface area contributed by atoms with Crippen molar-refractivity contribution >= 4 is 16.8 Å². The number of fused-ring (bicyclic) bond motifs is 1. The minimum Gasteiger partial charge on any atom is -0.497 e. The van der Waals surface area contributed by atoms with Crippen LogP contribution in [0.5, 0.6) is 5.75 Å². The van der Waals surface area contributed by atoms with E-state index in [4.69, 9.17) is 9.15 Å². The van der Waals surface area contributed by atoms with Crippen LogP contribution in [0.2, 0.25) is 0 Å². The SMILES string of the molecule is COc1ccc2[nH]cc(C3CCN(C(=O)C4CC4c4ccco4)CC3)c2c1. The van der Waals surface area contributed by atoms with Gasteiger partial charge in [0.25, 0.3) is 0 Å². The average molecular weight is 364 g/mol. The van der Waals surface area contributed by atoms with Crippen LogP contribution in [0.15, 0.2) is 47.2 Å². The molecular weight excluding hydrogens is 340 g/mol. The number of benzene rings is 1. The van der Waals surface area contributed by atoms with Crippen LogP contribution in [0.25, 0.3) is 10.9 Å². The number of furan rings is 1. The first-order valence-corrected chi connectivity index (χ1v) is 9.72. The number of piperidine rings is 1. The average Bonchev–Trinajstić information content (AvgIpc) is 3.13. The number of carbonyl (C=O) groups is 1. The van der Waals surface area contributed by atoms with Gasteiger partial charge in [0.2, 0.25) is 5.91 Å². The van der Waals surface area contributed by atoms with E-state index in [0.717, 1.165) is 49.4 Å². The highest BCUT2D eigenvalue weighted by Crippen LogP contribution is 2.49. The number of carbonyl (C=O) groups excluding carboxylic acids is 1. The van der Waals surface area contributed by atoms with Crippen molar-refractivity contribution < 1.29 is 13.9 Å². The quantitative estimate of drug-likeness (QED) is 0.752. The second-order valence-electron chi connectivity index (χ2n) is 7.72. The molecule has 0 bridgehead atoms. The van der Waals surface area contributed by atoms with Gasteiger partial charge in [0.1, 0.15) is 11.5 Å². The summed E-state index contributed by atoms with van der Waals surface area (Å²) in [5, 5.41) is 1.24. The molecule has 2 unspecified atom stereocenters. The summed E-state index contributed by atoms with van der Waals surface area (Å²) in [6, 6.07) is 10.0. The fourth-order valence-electron chi connectivity index (χ4n) is 4.52. The van der Waals surface area contributed by atoms with Gasteiger partial charge in [-0.25, -0.2) is 0 Å². The van der Waals surface area contributed by atoms with Gasteiger partial charge in [-0.15, -0.1) is 0 Å². The minimum atomic E-state index is 0.116. The molecule has 5 heteroatoms. The number of likely N-dealkylation sites (tertiary alicyclic amines) is 1. The number of amides is 1. The Kier molecular flexibility index (Phi) is 3.96. The van der Waals surface area contributed by atoms with Crippen LogP contribution in [0, 0.1) is 5.92 Å². The van der Waals surface area contributed by atoms with Crippen LogP contribution in [0.4, 0.5) is 0 Å². The van der Waals surface area contributed by atoms with Crippen LogP contribution in [0.3, 0.4) is 0 Å². The summed E-state index contributed by atoms with van der Waals surface area (Å²) in [6.07, 6.45) is 6.76. The third-order valence-electron chi connectivity index (χ3n) is 6.18. The zero-order chi connectivity index (χ0) is 18.4. The second kappa shape index (κ2) is 6.48. The lowest BCUT2D eigenvalue weighted by Gasteiger charge is -2.32. The molecule has 1 aromatic carbocycles. The number of nitrogens with one attached hydrogen (secondary N) is 1. The molecule has 1 N–H and O–H groups in total. The molecule has 2 fully saturated rings. The van der Waals surface area contributed by atoms with E-state index in [1.807, 2.05) is 18.2 Å². The number of H-pyrrole nitrogens is 1. The van der Waals surface area contributed by atoms with E-state index >= 15 is 0 Å². The Morgan fingerprint density at radius 2 is 2.11 bits per heavy atom. The van der Waals surface area contributed by atoms with Crippen molar-refractivity contribution in [1.29, 1.82) is 0 Å². The van der Waals surface area contributed by atoms with Gasteiger partial charge in [-0.1, -0.05) is 0 Å². The van der Waals surface area contributed by atoms with Crippen molar-refractivity contribution in [3.8, 4) is 5.75 Å². The normalized spacial score (nSPS) is 22.9. The summed E-state index contributed by atoms with van der Waals surface area (Å²) >= 11 is 0. The number of aromatic amines is 1. The van der Waals surface area contributed by atoms with Gasteiger partial charge < -0.3 is 19.0 Å². The van der Waals surface area contributed by atoms with Crippen molar-refractivity contribution in [1.82, 2.24) is 9.88 Å². The summed E-state index contributed by atoms with van der Waals surface area (Å²) in [6.45, 7) is 1.67. The van der Waals surface area contributed by atoms with Crippen molar-refractivity contribution in [2.24, 2.45) is 5.92 Å². The first-order chi connectivity index (χ1) is 13.2. The molecule has 2 aliphatic rings. The summed E-state index contributed by atoms with van der Waals surface area (Å²) in [4.78, 5) is 18.2. The van der Waals surface area contributed by atoms with Gasteiger partial charge in [-0.2, -0.15) is 0 Å². The van der Waals surface area contributed by atoms with E-state index in [1.165, 1.54) is 10.9 Å². The molecular formula is C22H24N2O3. The molecule has 1 amide bonds. The van der Waals surface area contributed by atoms with Crippen molar-refractivity contribution in [3.63, 3.8) is 0 Å². The maximum absolute atomic E-state index is 12.8. The Morgan fingerprint density at radius 3 is 2.85 bits per heavy atom. The van der Waals surface area contributed by atoms with Gasteiger partial charge in [0.05, 0.1) is 13.4 Å². The molecule has 0 spiro atoms. The van der Waals surface area contributed by atoms with E-state index in [9.17, 15) is 4.79 Å². The molecule has 140 valence electrons. The lowest BCUT2D eigenvalue weighted by Crippen LogP contribution is -2.39. The largest absolute Gasteiger partial charge is 0.497 e. The van der Waals surface area contributed by atoms with Crippen LogP contribution < -0.4 is 4.74 Å². The number of ether oxygens (including phenoxy) is 1. The van der Waals surface area contributed by atoms with Gasteiger partial charge in [0.15, 0.2) is 0 Å². The van der Waals surface area contributed by atoms with Gasteiger partial charge in [-0.3, -0.25) is 4.79 Å². The highest BCUT2D eigenvalue weighted by molar-refractivity contribution is 5.85. The molecule has 2 aromatic heterocycles. The monoisotopic (exact) mass is 364 g/mol. The molecule has 27 heavy (non-hydrogen) atoms. The first kappa shape index (κ1) is 16.5. The van der Waals surface area contributed by atoms with Crippen molar-refractivity contribution in [2.75, 3.05) is 20.2 Å². The Hall–Kier alpha value is -2.69. The fraction of sp³-hybridized carbons (Fsp3) is 0.409. The lowest BCUT2D eigenvalue weighted by atomic mass is 9.89. The number of methoxy groups -OCH3 is 1. The number of hydrogen-bond donors (Lipinski definition) is 1. The molecule has 1 saturated heterocycles. The molecule has 1 saturated carbocycles. The number of nitrogens with zero attached hydrogens (tertiary/aromatic N) is 1. The molecule has 5 nitrogen and oxygen atoms in total. The molecule has 3 aromatic rings. The van der Waals surface area contributed by atoms with Crippen LogP contribution >= 0.6 is 0 Å². The van der Waals surface area contributed by atoms with E-state index in [-0.39, 0.29) is 11.8 Å². The first-order valence-electron chi connectivity index (χ1n) is 9.72. The van der Waals surface area contributed by atoms with Gasteiger partial charge in [0, 0.05) is 42.0 Å². The molecule has 0 radical (unpaired) electrons. The smallest absolute Gasteiger partial charge is 0.226 e. The molecule has 5 rings (SSSR count). The third kappa shape index (κ3) is 2.91. The maximum Gasteiger partial charge on any atom is 0.226 e. The minimum absolute atomic E-state index is 0.116. The fourth-order valence-corrected chi connectivity index (χ4v) is 4.52. The van der Waals surface area contributed by atoms with Crippen LogP contribution in [-0.4, -0.2) is 36.0 Å². The zero-order valence-corrected chi connectivity index (χ0v) is 15.5. The van der Waals surface area contributed by atoms with Crippen molar-refractivity contribution in [2.45, 2.75) is 31.1 Å². The molecule has 1 aliphatic carbocycles. The number of aromatic nitrogens is 1. The van der Waals surface area contributed by atoms with Crippen molar-refractivity contribution in [3.05, 3.63) is 54.1 Å². The molecule has 2 atom stereocenters. The predicted molar refractivity (Wildman–Crippen MR) is 103 cm³/mol. The Labute approximate surface area is 158 Å². The lowest BCUT2D eigenvalue weighted by molar-refractivity contribution is -0.133. The topological polar surface area (TPSA) is 58.5 Å². The Balaban J connectivity index is 1.25. The van der Waals surface area contributed by atoms with Gasteiger partial charge in [-0.05, 0) is 61.1 Å². The maximum atomic E-state index is 12.8. The number of rotatable bonds is 4. The Bertz CT molecular complexity index is 951. The van der Waals surface area contributed by atoms with E-state index in [2.05, 4.69) is 28.2 Å². The summed E-state index contributed by atoms with van der Waals surface area (Å²) in [7, 11) is 1.70. The van der Waals surface area contributed by atoms with E-state index < -0.39 is 0 Å². The molecule has 1 aliphatic heterocycles. The predicted octanol–water partition coefficient (Wildman–Crippen LogP) is 4.28. The summed E-state index contributed by atoms with van der Waals surface area (Å²) in [5.74, 6) is 3.02. The highest BCUT2D eigenvalue weighted by atomic mass is 16.5. The Morgan fingerprint density at radius 1 is 1.26 bits per heavy atom. The van der Waals surface area contributed by atoms with E-state index in [1.54, 1.807) is 13.4 Å². The van der Waals surface area contributed by atoms with E-state index in [0.29, 0.717) is 11.8 Å². The molecule has 3 heterocycles. The second-order valence-corrected chi connectivity index (χ2v) is 7.72. The highest BCUT2D eigenvalue weighted by Gasteiger charge is 2.47. The van der Waals surface area contributed by atoms with Crippen LogP contribution in [0.1, 0.15) is 42.4 Å². The van der Waals surface area contributed by atoms with Crippen LogP contribution in [-0.2, 0) is 4.79 Å². The number of hydrogen-bond acceptors (Lipinski definition) is 3. The summed E-state index contributed by atoms with van der Waals surface area (Å²) in [5.41, 5.74) is 2.49. The standard InChI is InChI=1S/C22H24N2O3/c1-26-15-4-5-20-16(11-15)19(13-23-20)14-6-8-24(9-7-14)22(25)18-12-17(18)21-3-2-10-27-21/h2-5,10-11,13-14,17-18,23H,6-9,12H2,1H3. The third-order valence-corrected chi connectivity index (χ3v) is 6.18. The zero-order valence-electron chi connectivity index (χ0n) is 15.5. The van der Waals surface area contributed by atoms with Gasteiger partial charge >= 0.3 is 0 Å².